The van der Waals surface area contributed by atoms with Crippen molar-refractivity contribution in [3.05, 3.63) is 29.3 Å². The Morgan fingerprint density at radius 1 is 1.37 bits per heavy atom. The molecule has 1 unspecified atom stereocenters. The number of hydrogen-bond donors (Lipinski definition) is 0. The van der Waals surface area contributed by atoms with Gasteiger partial charge in [0.15, 0.2) is 0 Å². The summed E-state index contributed by atoms with van der Waals surface area (Å²) in [6.45, 7) is 4.37. The van der Waals surface area contributed by atoms with Gasteiger partial charge < -0.3 is 9.47 Å². The van der Waals surface area contributed by atoms with E-state index < -0.39 is 11.7 Å². The second-order valence-corrected chi connectivity index (χ2v) is 3.91. The molecule has 0 N–H and O–H groups in total. The molecule has 0 aliphatic rings. The predicted molar refractivity (Wildman–Crippen MR) is 62.7 cm³/mol. The van der Waals surface area contributed by atoms with Crippen LogP contribution in [0, 0.1) is 11.3 Å². The first kappa shape index (κ1) is 15.3. The van der Waals surface area contributed by atoms with E-state index in [9.17, 15) is 13.2 Å². The summed E-state index contributed by atoms with van der Waals surface area (Å²) in [6.07, 6.45) is -4.81. The molecule has 0 bridgehead atoms. The molecular weight excluding hydrogens is 259 g/mol. The molecule has 19 heavy (non-hydrogen) atoms. The minimum absolute atomic E-state index is 0.128. The molecule has 0 spiro atoms. The Bertz CT molecular complexity index is 466. The van der Waals surface area contributed by atoms with E-state index >= 15 is 0 Å². The summed E-state index contributed by atoms with van der Waals surface area (Å²) in [7, 11) is 0. The zero-order valence-corrected chi connectivity index (χ0v) is 10.6. The number of nitrogens with zero attached hydrogens (tertiary/aromatic N) is 1. The van der Waals surface area contributed by atoms with Crippen LogP contribution < -0.4 is 4.74 Å². The van der Waals surface area contributed by atoms with Crippen molar-refractivity contribution >= 4 is 0 Å². The van der Waals surface area contributed by atoms with Crippen molar-refractivity contribution in [1.82, 2.24) is 0 Å². The third kappa shape index (κ3) is 4.45. The molecule has 104 valence electrons. The first-order valence-corrected chi connectivity index (χ1v) is 5.74. The van der Waals surface area contributed by atoms with Gasteiger partial charge in [-0.15, -0.1) is 0 Å². The van der Waals surface area contributed by atoms with Gasteiger partial charge in [0.1, 0.15) is 17.9 Å². The minimum atomic E-state index is -4.47. The zero-order chi connectivity index (χ0) is 14.5. The maximum absolute atomic E-state index is 12.5. The molecule has 0 aliphatic carbocycles. The first-order valence-electron chi connectivity index (χ1n) is 5.74. The normalized spacial score (nSPS) is 12.8. The van der Waals surface area contributed by atoms with Crippen LogP contribution in [0.4, 0.5) is 13.2 Å². The quantitative estimate of drug-likeness (QED) is 0.825. The molecule has 1 aromatic carbocycles. The Morgan fingerprint density at radius 3 is 2.58 bits per heavy atom. The van der Waals surface area contributed by atoms with E-state index in [0.29, 0.717) is 13.2 Å². The maximum Gasteiger partial charge on any atom is 0.416 e. The van der Waals surface area contributed by atoms with Crippen molar-refractivity contribution in [2.45, 2.75) is 26.1 Å². The summed E-state index contributed by atoms with van der Waals surface area (Å²) in [5.74, 6) is 0.128. The van der Waals surface area contributed by atoms with Gasteiger partial charge >= 0.3 is 6.18 Å². The number of nitriles is 1. The van der Waals surface area contributed by atoms with E-state index in [0.717, 1.165) is 18.2 Å². The second kappa shape index (κ2) is 6.43. The summed E-state index contributed by atoms with van der Waals surface area (Å²) >= 11 is 0. The van der Waals surface area contributed by atoms with E-state index in [4.69, 9.17) is 14.7 Å². The fraction of sp³-hybridized carbons (Fsp3) is 0.462. The lowest BCUT2D eigenvalue weighted by atomic mass is 10.1. The lowest BCUT2D eigenvalue weighted by Crippen LogP contribution is -2.19. The Hall–Kier alpha value is -1.74. The van der Waals surface area contributed by atoms with Crippen molar-refractivity contribution < 1.29 is 22.6 Å². The Balaban J connectivity index is 2.89. The molecule has 6 heteroatoms. The molecule has 1 aromatic rings. The van der Waals surface area contributed by atoms with Crippen molar-refractivity contribution in [3.8, 4) is 11.8 Å². The number of rotatable bonds is 5. The van der Waals surface area contributed by atoms with Crippen LogP contribution in [0.15, 0.2) is 18.2 Å². The van der Waals surface area contributed by atoms with Crippen LogP contribution in [-0.4, -0.2) is 19.3 Å². The van der Waals surface area contributed by atoms with Crippen LogP contribution in [0.1, 0.15) is 25.0 Å². The summed E-state index contributed by atoms with van der Waals surface area (Å²) in [4.78, 5) is 0. The summed E-state index contributed by atoms with van der Waals surface area (Å²) in [5, 5.41) is 8.87. The van der Waals surface area contributed by atoms with E-state index in [1.165, 1.54) is 0 Å². The standard InChI is InChI=1S/C13H14F3NO2/c1-3-18-8-9(2)19-12-5-4-11(13(14,15)16)6-10(12)7-17/h4-6,9H,3,8H2,1-2H3. The first-order chi connectivity index (χ1) is 8.88. The Kier molecular flexibility index (Phi) is 5.19. The van der Waals surface area contributed by atoms with Gasteiger partial charge in [-0.2, -0.15) is 18.4 Å². The lowest BCUT2D eigenvalue weighted by molar-refractivity contribution is -0.137. The van der Waals surface area contributed by atoms with Crippen LogP contribution >= 0.6 is 0 Å². The third-order valence-electron chi connectivity index (χ3n) is 2.31. The van der Waals surface area contributed by atoms with Crippen molar-refractivity contribution in [3.63, 3.8) is 0 Å². The number of benzene rings is 1. The van der Waals surface area contributed by atoms with Gasteiger partial charge in [-0.25, -0.2) is 0 Å². The summed E-state index contributed by atoms with van der Waals surface area (Å²) < 4.78 is 48.0. The van der Waals surface area contributed by atoms with Crippen LogP contribution in [0.2, 0.25) is 0 Å². The number of ether oxygens (including phenoxy) is 2. The monoisotopic (exact) mass is 273 g/mol. The molecule has 0 saturated heterocycles. The lowest BCUT2D eigenvalue weighted by Gasteiger charge is -2.16. The molecule has 0 fully saturated rings. The van der Waals surface area contributed by atoms with Gasteiger partial charge in [-0.3, -0.25) is 0 Å². The van der Waals surface area contributed by atoms with Gasteiger partial charge in [0.25, 0.3) is 0 Å². The van der Waals surface area contributed by atoms with Crippen LogP contribution in [-0.2, 0) is 10.9 Å². The second-order valence-electron chi connectivity index (χ2n) is 3.91. The molecule has 0 saturated carbocycles. The average molecular weight is 273 g/mol. The highest BCUT2D eigenvalue weighted by atomic mass is 19.4. The minimum Gasteiger partial charge on any atom is -0.487 e. The van der Waals surface area contributed by atoms with Crippen molar-refractivity contribution in [1.29, 1.82) is 5.26 Å². The Morgan fingerprint density at radius 2 is 2.05 bits per heavy atom. The molecule has 0 heterocycles. The third-order valence-corrected chi connectivity index (χ3v) is 2.31. The van der Waals surface area contributed by atoms with E-state index in [-0.39, 0.29) is 17.4 Å². The number of halogens is 3. The van der Waals surface area contributed by atoms with Gasteiger partial charge in [-0.05, 0) is 32.0 Å². The van der Waals surface area contributed by atoms with Crippen LogP contribution in [0.5, 0.6) is 5.75 Å². The SMILES string of the molecule is CCOCC(C)Oc1ccc(C(F)(F)F)cc1C#N. The highest BCUT2D eigenvalue weighted by Crippen LogP contribution is 2.32. The summed E-state index contributed by atoms with van der Waals surface area (Å²) in [5.41, 5.74) is -1.01. The molecule has 0 aromatic heterocycles. The van der Waals surface area contributed by atoms with Gasteiger partial charge in [-0.1, -0.05) is 0 Å². The van der Waals surface area contributed by atoms with Gasteiger partial charge in [0.2, 0.25) is 0 Å². The van der Waals surface area contributed by atoms with Gasteiger partial charge in [0, 0.05) is 6.61 Å². The molecular formula is C13H14F3NO2. The highest BCUT2D eigenvalue weighted by Gasteiger charge is 2.31. The largest absolute Gasteiger partial charge is 0.487 e. The molecule has 0 amide bonds. The van der Waals surface area contributed by atoms with E-state index in [1.807, 2.05) is 6.92 Å². The maximum atomic E-state index is 12.5. The topological polar surface area (TPSA) is 42.2 Å². The molecule has 1 atom stereocenters. The zero-order valence-electron chi connectivity index (χ0n) is 10.6. The molecule has 3 nitrogen and oxygen atoms in total. The van der Waals surface area contributed by atoms with Gasteiger partial charge in [0.05, 0.1) is 17.7 Å². The van der Waals surface area contributed by atoms with E-state index in [2.05, 4.69) is 0 Å². The van der Waals surface area contributed by atoms with Crippen molar-refractivity contribution in [2.24, 2.45) is 0 Å². The highest BCUT2D eigenvalue weighted by molar-refractivity contribution is 5.46. The summed E-state index contributed by atoms with van der Waals surface area (Å²) in [6, 6.07) is 4.53. The average Bonchev–Trinajstić information content (AvgIpc) is 2.35. The molecule has 0 radical (unpaired) electrons. The fourth-order valence-electron chi connectivity index (χ4n) is 1.43. The predicted octanol–water partition coefficient (Wildman–Crippen LogP) is 3.38. The van der Waals surface area contributed by atoms with Crippen molar-refractivity contribution in [2.75, 3.05) is 13.2 Å². The smallest absolute Gasteiger partial charge is 0.416 e. The fourth-order valence-corrected chi connectivity index (χ4v) is 1.43. The van der Waals surface area contributed by atoms with E-state index in [1.54, 1.807) is 13.0 Å². The number of hydrogen-bond acceptors (Lipinski definition) is 3. The van der Waals surface area contributed by atoms with Crippen LogP contribution in [0.3, 0.4) is 0 Å². The molecule has 1 rings (SSSR count). The number of alkyl halides is 3. The Labute approximate surface area is 109 Å². The molecule has 0 aliphatic heterocycles. The van der Waals surface area contributed by atoms with Crippen LogP contribution in [0.25, 0.3) is 0 Å².